The predicted octanol–water partition coefficient (Wildman–Crippen LogP) is 1.10. The van der Waals surface area contributed by atoms with Crippen molar-refractivity contribution < 1.29 is 13.6 Å². The second-order valence-electron chi connectivity index (χ2n) is 3.97. The Balaban J connectivity index is 2.51. The summed E-state index contributed by atoms with van der Waals surface area (Å²) in [6, 6.07) is 0.151. The normalized spacial score (nSPS) is 25.9. The van der Waals surface area contributed by atoms with Gasteiger partial charge in [-0.15, -0.1) is 0 Å². The van der Waals surface area contributed by atoms with Gasteiger partial charge in [0.15, 0.2) is 0 Å². The van der Waals surface area contributed by atoms with Gasteiger partial charge in [-0.2, -0.15) is 0 Å². The van der Waals surface area contributed by atoms with Crippen LogP contribution in [0.4, 0.5) is 8.78 Å². The molecule has 0 aromatic carbocycles. The SMILES string of the molecule is CCC1NCCC1C(=O)N(C)CC(F)F. The zero-order valence-electron chi connectivity index (χ0n) is 9.17. The molecule has 1 heterocycles. The second kappa shape index (κ2) is 5.39. The summed E-state index contributed by atoms with van der Waals surface area (Å²) in [6.45, 7) is 2.33. The molecule has 1 amide bonds. The molecule has 0 aromatic heterocycles. The molecular weight excluding hydrogens is 202 g/mol. The van der Waals surface area contributed by atoms with Gasteiger partial charge in [0.1, 0.15) is 0 Å². The number of alkyl halides is 2. The first-order chi connectivity index (χ1) is 7.06. The molecule has 1 rings (SSSR count). The van der Waals surface area contributed by atoms with E-state index in [0.717, 1.165) is 24.3 Å². The lowest BCUT2D eigenvalue weighted by Gasteiger charge is -2.23. The molecule has 0 saturated carbocycles. The van der Waals surface area contributed by atoms with Crippen LogP contribution in [0, 0.1) is 5.92 Å². The molecule has 0 aliphatic carbocycles. The van der Waals surface area contributed by atoms with Crippen LogP contribution in [0.1, 0.15) is 19.8 Å². The van der Waals surface area contributed by atoms with Crippen LogP contribution < -0.4 is 5.32 Å². The molecular formula is C10H18F2N2O. The van der Waals surface area contributed by atoms with Crippen LogP contribution >= 0.6 is 0 Å². The lowest BCUT2D eigenvalue weighted by molar-refractivity contribution is -0.136. The minimum atomic E-state index is -2.45. The number of rotatable bonds is 4. The molecule has 1 aliphatic rings. The Hall–Kier alpha value is -0.710. The third-order valence-corrected chi connectivity index (χ3v) is 2.89. The van der Waals surface area contributed by atoms with Gasteiger partial charge in [0, 0.05) is 13.1 Å². The van der Waals surface area contributed by atoms with Crippen molar-refractivity contribution in [2.24, 2.45) is 5.92 Å². The van der Waals surface area contributed by atoms with Gasteiger partial charge < -0.3 is 10.2 Å². The zero-order chi connectivity index (χ0) is 11.4. The van der Waals surface area contributed by atoms with E-state index in [1.54, 1.807) is 0 Å². The fraction of sp³-hybridized carbons (Fsp3) is 0.900. The largest absolute Gasteiger partial charge is 0.340 e. The highest BCUT2D eigenvalue weighted by atomic mass is 19.3. The van der Waals surface area contributed by atoms with Crippen molar-refractivity contribution in [1.82, 2.24) is 10.2 Å². The molecule has 3 nitrogen and oxygen atoms in total. The van der Waals surface area contributed by atoms with Crippen LogP contribution in [0.25, 0.3) is 0 Å². The average molecular weight is 220 g/mol. The molecule has 0 aromatic rings. The summed E-state index contributed by atoms with van der Waals surface area (Å²) in [5.74, 6) is -0.286. The Labute approximate surface area is 88.8 Å². The van der Waals surface area contributed by atoms with E-state index in [-0.39, 0.29) is 17.9 Å². The minimum Gasteiger partial charge on any atom is -0.340 e. The van der Waals surface area contributed by atoms with Gasteiger partial charge in [-0.3, -0.25) is 4.79 Å². The maximum atomic E-state index is 12.1. The number of halogens is 2. The monoisotopic (exact) mass is 220 g/mol. The summed E-state index contributed by atoms with van der Waals surface area (Å²) < 4.78 is 24.2. The number of carbonyl (C=O) groups is 1. The number of hydrogen-bond donors (Lipinski definition) is 1. The number of hydrogen-bond acceptors (Lipinski definition) is 2. The van der Waals surface area contributed by atoms with Crippen molar-refractivity contribution in [3.63, 3.8) is 0 Å². The summed E-state index contributed by atoms with van der Waals surface area (Å²) in [5.41, 5.74) is 0. The van der Waals surface area contributed by atoms with E-state index in [4.69, 9.17) is 0 Å². The standard InChI is InChI=1S/C10H18F2N2O/c1-3-8-7(4-5-13-8)10(15)14(2)6-9(11)12/h7-9,13H,3-6H2,1-2H3. The first-order valence-corrected chi connectivity index (χ1v) is 5.32. The molecule has 0 spiro atoms. The van der Waals surface area contributed by atoms with Gasteiger partial charge in [-0.1, -0.05) is 6.92 Å². The van der Waals surface area contributed by atoms with Crippen LogP contribution in [0.15, 0.2) is 0 Å². The Bertz CT molecular complexity index is 223. The summed E-state index contributed by atoms with van der Waals surface area (Å²) in [5, 5.41) is 3.21. The van der Waals surface area contributed by atoms with E-state index in [1.807, 2.05) is 6.92 Å². The van der Waals surface area contributed by atoms with Crippen LogP contribution in [0.2, 0.25) is 0 Å². The predicted molar refractivity (Wildman–Crippen MR) is 53.8 cm³/mol. The van der Waals surface area contributed by atoms with Crippen LogP contribution in [-0.2, 0) is 4.79 Å². The van der Waals surface area contributed by atoms with Crippen LogP contribution in [0.3, 0.4) is 0 Å². The van der Waals surface area contributed by atoms with Crippen molar-refractivity contribution in [2.75, 3.05) is 20.1 Å². The molecule has 1 aliphatic heterocycles. The van der Waals surface area contributed by atoms with E-state index in [2.05, 4.69) is 5.32 Å². The van der Waals surface area contributed by atoms with Crippen molar-refractivity contribution in [2.45, 2.75) is 32.2 Å². The Kier molecular flexibility index (Phi) is 4.45. The first-order valence-electron chi connectivity index (χ1n) is 5.32. The third kappa shape index (κ3) is 3.12. The van der Waals surface area contributed by atoms with Gasteiger partial charge in [-0.05, 0) is 19.4 Å². The van der Waals surface area contributed by atoms with Crippen molar-refractivity contribution in [3.8, 4) is 0 Å². The molecule has 2 atom stereocenters. The summed E-state index contributed by atoms with van der Waals surface area (Å²) in [4.78, 5) is 12.9. The average Bonchev–Trinajstić information content (AvgIpc) is 2.62. The van der Waals surface area contributed by atoms with Crippen molar-refractivity contribution >= 4 is 5.91 Å². The number of carbonyl (C=O) groups excluding carboxylic acids is 1. The van der Waals surface area contributed by atoms with Crippen molar-refractivity contribution in [3.05, 3.63) is 0 Å². The fourth-order valence-electron chi connectivity index (χ4n) is 2.07. The maximum absolute atomic E-state index is 12.1. The molecule has 15 heavy (non-hydrogen) atoms. The molecule has 88 valence electrons. The molecule has 2 unspecified atom stereocenters. The molecule has 5 heteroatoms. The van der Waals surface area contributed by atoms with E-state index >= 15 is 0 Å². The molecule has 1 N–H and O–H groups in total. The number of nitrogens with zero attached hydrogens (tertiary/aromatic N) is 1. The highest BCUT2D eigenvalue weighted by molar-refractivity contribution is 5.79. The third-order valence-electron chi connectivity index (χ3n) is 2.89. The molecule has 1 fully saturated rings. The Morgan fingerprint density at radius 1 is 1.60 bits per heavy atom. The summed E-state index contributed by atoms with van der Waals surface area (Å²) in [6.07, 6.45) is -0.836. The van der Waals surface area contributed by atoms with Gasteiger partial charge in [0.2, 0.25) is 5.91 Å². The quantitative estimate of drug-likeness (QED) is 0.769. The number of nitrogens with one attached hydrogen (secondary N) is 1. The Morgan fingerprint density at radius 2 is 2.27 bits per heavy atom. The first kappa shape index (κ1) is 12.4. The topological polar surface area (TPSA) is 32.3 Å². The second-order valence-corrected chi connectivity index (χ2v) is 3.97. The lowest BCUT2D eigenvalue weighted by atomic mass is 9.97. The highest BCUT2D eigenvalue weighted by Crippen LogP contribution is 2.20. The van der Waals surface area contributed by atoms with Crippen LogP contribution in [-0.4, -0.2) is 43.4 Å². The lowest BCUT2D eigenvalue weighted by Crippen LogP contribution is -2.40. The van der Waals surface area contributed by atoms with Crippen molar-refractivity contribution in [1.29, 1.82) is 0 Å². The molecule has 0 radical (unpaired) electrons. The van der Waals surface area contributed by atoms with Gasteiger partial charge in [0.25, 0.3) is 6.43 Å². The van der Waals surface area contributed by atoms with E-state index in [1.165, 1.54) is 7.05 Å². The van der Waals surface area contributed by atoms with Gasteiger partial charge in [0.05, 0.1) is 12.5 Å². The van der Waals surface area contributed by atoms with E-state index in [9.17, 15) is 13.6 Å². The molecule has 1 saturated heterocycles. The number of amides is 1. The molecule has 0 bridgehead atoms. The maximum Gasteiger partial charge on any atom is 0.255 e. The smallest absolute Gasteiger partial charge is 0.255 e. The van der Waals surface area contributed by atoms with Gasteiger partial charge in [-0.25, -0.2) is 8.78 Å². The van der Waals surface area contributed by atoms with Gasteiger partial charge >= 0.3 is 0 Å². The summed E-state index contributed by atoms with van der Waals surface area (Å²) in [7, 11) is 1.44. The zero-order valence-corrected chi connectivity index (χ0v) is 9.17. The Morgan fingerprint density at radius 3 is 2.80 bits per heavy atom. The highest BCUT2D eigenvalue weighted by Gasteiger charge is 2.33. The van der Waals surface area contributed by atoms with Crippen LogP contribution in [0.5, 0.6) is 0 Å². The van der Waals surface area contributed by atoms with E-state index in [0.29, 0.717) is 0 Å². The summed E-state index contributed by atoms with van der Waals surface area (Å²) >= 11 is 0. The minimum absolute atomic E-state index is 0.126. The fourth-order valence-corrected chi connectivity index (χ4v) is 2.07. The van der Waals surface area contributed by atoms with E-state index < -0.39 is 13.0 Å².